The summed E-state index contributed by atoms with van der Waals surface area (Å²) in [5.74, 6) is -0.730. The van der Waals surface area contributed by atoms with Crippen molar-refractivity contribution in [1.29, 1.82) is 0 Å². The summed E-state index contributed by atoms with van der Waals surface area (Å²) in [7, 11) is 0. The van der Waals surface area contributed by atoms with Crippen LogP contribution in [0.4, 0.5) is 0 Å². The Morgan fingerprint density at radius 2 is 1.96 bits per heavy atom. The number of nitrogens with zero attached hydrogens (tertiary/aromatic N) is 1. The standard InChI is InChI=1S/C20H17N3O4/c1-11-2-4-12(5-3-11)20-22-14-7-6-13(10-16(14)27-20)18(25)21-15-8-9-17(24)23-19(15)26/h2-7,10,15H,8-9H2,1H3,(H,21,25)(H,23,24,26). The smallest absolute Gasteiger partial charge is 0.252 e. The number of fused-ring (bicyclic) bond motifs is 1. The lowest BCUT2D eigenvalue weighted by Gasteiger charge is -2.21. The molecule has 0 radical (unpaired) electrons. The number of imide groups is 1. The Hall–Kier alpha value is -3.48. The zero-order chi connectivity index (χ0) is 19.0. The quantitative estimate of drug-likeness (QED) is 0.696. The minimum absolute atomic E-state index is 0.206. The predicted octanol–water partition coefficient (Wildman–Crippen LogP) is 2.34. The Bertz CT molecular complexity index is 1050. The van der Waals surface area contributed by atoms with Crippen LogP contribution in [0.25, 0.3) is 22.6 Å². The van der Waals surface area contributed by atoms with Crippen LogP contribution >= 0.6 is 0 Å². The van der Waals surface area contributed by atoms with Crippen molar-refractivity contribution < 1.29 is 18.8 Å². The van der Waals surface area contributed by atoms with Crippen LogP contribution in [-0.2, 0) is 9.59 Å². The van der Waals surface area contributed by atoms with Gasteiger partial charge in [0.15, 0.2) is 5.58 Å². The predicted molar refractivity (Wildman–Crippen MR) is 97.8 cm³/mol. The molecule has 3 aromatic rings. The van der Waals surface area contributed by atoms with E-state index in [2.05, 4.69) is 15.6 Å². The topological polar surface area (TPSA) is 101 Å². The second-order valence-electron chi connectivity index (χ2n) is 6.54. The third kappa shape index (κ3) is 3.44. The molecule has 3 amide bonds. The number of benzene rings is 2. The van der Waals surface area contributed by atoms with Gasteiger partial charge in [-0.25, -0.2) is 4.98 Å². The number of rotatable bonds is 3. The number of hydrogen-bond acceptors (Lipinski definition) is 5. The van der Waals surface area contributed by atoms with Crippen molar-refractivity contribution in [2.45, 2.75) is 25.8 Å². The number of nitrogens with one attached hydrogen (secondary N) is 2. The molecule has 0 spiro atoms. The van der Waals surface area contributed by atoms with E-state index in [9.17, 15) is 14.4 Å². The van der Waals surface area contributed by atoms with Crippen LogP contribution in [0, 0.1) is 6.92 Å². The molecule has 1 aromatic heterocycles. The van der Waals surface area contributed by atoms with Gasteiger partial charge in [-0.05, 0) is 43.7 Å². The first kappa shape index (κ1) is 17.0. The van der Waals surface area contributed by atoms with Crippen molar-refractivity contribution in [1.82, 2.24) is 15.6 Å². The number of oxazole rings is 1. The third-order valence-electron chi connectivity index (χ3n) is 4.49. The van der Waals surface area contributed by atoms with E-state index in [4.69, 9.17) is 4.42 Å². The van der Waals surface area contributed by atoms with Gasteiger partial charge in [-0.3, -0.25) is 19.7 Å². The van der Waals surface area contributed by atoms with Crippen molar-refractivity contribution in [3.63, 3.8) is 0 Å². The lowest BCUT2D eigenvalue weighted by Crippen LogP contribution is -2.52. The van der Waals surface area contributed by atoms with E-state index in [1.807, 2.05) is 31.2 Å². The molecule has 7 heteroatoms. The first-order chi connectivity index (χ1) is 13.0. The molecule has 2 heterocycles. The van der Waals surface area contributed by atoms with E-state index in [1.54, 1.807) is 18.2 Å². The van der Waals surface area contributed by atoms with Gasteiger partial charge in [0.25, 0.3) is 5.91 Å². The Labute approximate surface area is 154 Å². The van der Waals surface area contributed by atoms with Gasteiger partial charge in [-0.2, -0.15) is 0 Å². The highest BCUT2D eigenvalue weighted by Crippen LogP contribution is 2.25. The van der Waals surface area contributed by atoms with Crippen LogP contribution in [0.15, 0.2) is 46.9 Å². The molecule has 0 saturated carbocycles. The van der Waals surface area contributed by atoms with E-state index in [-0.39, 0.29) is 12.3 Å². The second-order valence-corrected chi connectivity index (χ2v) is 6.54. The first-order valence-electron chi connectivity index (χ1n) is 8.62. The van der Waals surface area contributed by atoms with Crippen LogP contribution in [0.1, 0.15) is 28.8 Å². The summed E-state index contributed by atoms with van der Waals surface area (Å²) in [4.78, 5) is 39.9. The molecule has 2 N–H and O–H groups in total. The van der Waals surface area contributed by atoms with Gasteiger partial charge in [0.1, 0.15) is 11.6 Å². The number of carbonyl (C=O) groups excluding carboxylic acids is 3. The van der Waals surface area contributed by atoms with Gasteiger partial charge in [0.05, 0.1) is 0 Å². The summed E-state index contributed by atoms with van der Waals surface area (Å²) in [6.45, 7) is 2.00. The van der Waals surface area contributed by atoms with Crippen LogP contribution in [0.2, 0.25) is 0 Å². The molecule has 1 aliphatic heterocycles. The van der Waals surface area contributed by atoms with Crippen molar-refractivity contribution in [2.24, 2.45) is 0 Å². The molecule has 4 rings (SSSR count). The average Bonchev–Trinajstić information content (AvgIpc) is 3.07. The van der Waals surface area contributed by atoms with E-state index in [0.717, 1.165) is 11.1 Å². The van der Waals surface area contributed by atoms with Crippen molar-refractivity contribution in [3.05, 3.63) is 53.6 Å². The fourth-order valence-electron chi connectivity index (χ4n) is 2.96. The zero-order valence-corrected chi connectivity index (χ0v) is 14.6. The van der Waals surface area contributed by atoms with Crippen LogP contribution < -0.4 is 10.6 Å². The normalized spacial score (nSPS) is 17.0. The largest absolute Gasteiger partial charge is 0.436 e. The zero-order valence-electron chi connectivity index (χ0n) is 14.6. The molecule has 136 valence electrons. The molecule has 2 aromatic carbocycles. The van der Waals surface area contributed by atoms with E-state index in [0.29, 0.717) is 29.0 Å². The van der Waals surface area contributed by atoms with Crippen LogP contribution in [0.3, 0.4) is 0 Å². The lowest BCUT2D eigenvalue weighted by atomic mass is 10.1. The van der Waals surface area contributed by atoms with Gasteiger partial charge in [-0.15, -0.1) is 0 Å². The Balaban J connectivity index is 1.56. The van der Waals surface area contributed by atoms with Gasteiger partial charge >= 0.3 is 0 Å². The van der Waals surface area contributed by atoms with Crippen LogP contribution in [0.5, 0.6) is 0 Å². The summed E-state index contributed by atoms with van der Waals surface area (Å²) in [5, 5.41) is 4.87. The van der Waals surface area contributed by atoms with Gasteiger partial charge in [0, 0.05) is 17.5 Å². The van der Waals surface area contributed by atoms with Crippen molar-refractivity contribution >= 4 is 28.8 Å². The Morgan fingerprint density at radius 3 is 2.70 bits per heavy atom. The third-order valence-corrected chi connectivity index (χ3v) is 4.49. The molecule has 1 saturated heterocycles. The summed E-state index contributed by atoms with van der Waals surface area (Å²) < 4.78 is 5.79. The lowest BCUT2D eigenvalue weighted by molar-refractivity contribution is -0.134. The minimum Gasteiger partial charge on any atom is -0.436 e. The van der Waals surface area contributed by atoms with E-state index >= 15 is 0 Å². The molecule has 1 fully saturated rings. The monoisotopic (exact) mass is 363 g/mol. The number of aryl methyl sites for hydroxylation is 1. The molecular weight excluding hydrogens is 346 g/mol. The number of piperidine rings is 1. The summed E-state index contributed by atoms with van der Waals surface area (Å²) >= 11 is 0. The van der Waals surface area contributed by atoms with Gasteiger partial charge in [0.2, 0.25) is 17.7 Å². The maximum Gasteiger partial charge on any atom is 0.252 e. The minimum atomic E-state index is -0.719. The number of aromatic nitrogens is 1. The molecular formula is C20H17N3O4. The molecule has 7 nitrogen and oxygen atoms in total. The number of amides is 3. The van der Waals surface area contributed by atoms with Gasteiger partial charge in [-0.1, -0.05) is 17.7 Å². The SMILES string of the molecule is Cc1ccc(-c2nc3ccc(C(=O)NC4CCC(=O)NC4=O)cc3o2)cc1. The molecule has 27 heavy (non-hydrogen) atoms. The highest BCUT2D eigenvalue weighted by atomic mass is 16.3. The summed E-state index contributed by atoms with van der Waals surface area (Å²) in [6, 6.07) is 12.0. The molecule has 1 atom stereocenters. The first-order valence-corrected chi connectivity index (χ1v) is 8.62. The van der Waals surface area contributed by atoms with Gasteiger partial charge < -0.3 is 9.73 Å². The Kier molecular flexibility index (Phi) is 4.19. The molecule has 1 unspecified atom stereocenters. The summed E-state index contributed by atoms with van der Waals surface area (Å²) in [5.41, 5.74) is 3.48. The van der Waals surface area contributed by atoms with Crippen LogP contribution in [-0.4, -0.2) is 28.7 Å². The Morgan fingerprint density at radius 1 is 1.19 bits per heavy atom. The highest BCUT2D eigenvalue weighted by molar-refractivity contribution is 6.04. The summed E-state index contributed by atoms with van der Waals surface area (Å²) in [6.07, 6.45) is 0.496. The molecule has 1 aliphatic rings. The van der Waals surface area contributed by atoms with Crippen molar-refractivity contribution in [3.8, 4) is 11.5 Å². The fourth-order valence-corrected chi connectivity index (χ4v) is 2.96. The fraction of sp³-hybridized carbons (Fsp3) is 0.200. The van der Waals surface area contributed by atoms with E-state index < -0.39 is 17.9 Å². The highest BCUT2D eigenvalue weighted by Gasteiger charge is 2.28. The molecule has 0 bridgehead atoms. The second kappa shape index (κ2) is 6.68. The maximum absolute atomic E-state index is 12.5. The maximum atomic E-state index is 12.5. The van der Waals surface area contributed by atoms with E-state index in [1.165, 1.54) is 0 Å². The number of carbonyl (C=O) groups is 3. The van der Waals surface area contributed by atoms with Crippen molar-refractivity contribution in [2.75, 3.05) is 0 Å². The molecule has 0 aliphatic carbocycles. The average molecular weight is 363 g/mol. The number of hydrogen-bond donors (Lipinski definition) is 2.